The summed E-state index contributed by atoms with van der Waals surface area (Å²) in [7, 11) is 0. The van der Waals surface area contributed by atoms with Gasteiger partial charge in [-0.1, -0.05) is 48.0 Å². The molecule has 2 aromatic heterocycles. The minimum Gasteiger partial charge on any atom is -0.361 e. The zero-order valence-electron chi connectivity index (χ0n) is 16.3. The van der Waals surface area contributed by atoms with Crippen LogP contribution in [-0.2, 0) is 13.0 Å². The van der Waals surface area contributed by atoms with E-state index in [4.69, 9.17) is 0 Å². The second-order valence-electron chi connectivity index (χ2n) is 6.97. The molecule has 4 aromatic rings. The predicted octanol–water partition coefficient (Wildman–Crippen LogP) is 3.85. The van der Waals surface area contributed by atoms with Crippen LogP contribution in [0.4, 0.5) is 5.95 Å². The van der Waals surface area contributed by atoms with E-state index in [1.54, 1.807) is 12.3 Å². The van der Waals surface area contributed by atoms with Crippen LogP contribution in [0.1, 0.15) is 27.2 Å². The van der Waals surface area contributed by atoms with Gasteiger partial charge in [0.1, 0.15) is 5.69 Å². The van der Waals surface area contributed by atoms with Crippen molar-refractivity contribution < 1.29 is 4.79 Å². The highest BCUT2D eigenvalue weighted by atomic mass is 16.1. The van der Waals surface area contributed by atoms with Gasteiger partial charge in [0.05, 0.1) is 0 Å². The number of aromatic nitrogens is 3. The third kappa shape index (κ3) is 4.60. The SMILES string of the molecule is Cc1ccc(CNc2nccc(C(=O)NCCc3c[nH]c4ccccc34)n2)cc1. The van der Waals surface area contributed by atoms with Gasteiger partial charge in [-0.05, 0) is 36.6 Å². The monoisotopic (exact) mass is 385 g/mol. The molecule has 146 valence electrons. The molecule has 3 N–H and O–H groups in total. The maximum absolute atomic E-state index is 12.5. The maximum atomic E-state index is 12.5. The third-order valence-electron chi connectivity index (χ3n) is 4.81. The molecule has 0 aliphatic carbocycles. The van der Waals surface area contributed by atoms with E-state index in [0.717, 1.165) is 17.5 Å². The number of para-hydroxylation sites is 1. The Kier molecular flexibility index (Phi) is 5.52. The van der Waals surface area contributed by atoms with Crippen LogP contribution in [0.5, 0.6) is 0 Å². The van der Waals surface area contributed by atoms with Crippen LogP contribution < -0.4 is 10.6 Å². The van der Waals surface area contributed by atoms with Crippen molar-refractivity contribution in [1.82, 2.24) is 20.3 Å². The van der Waals surface area contributed by atoms with E-state index in [0.29, 0.717) is 24.7 Å². The van der Waals surface area contributed by atoms with Gasteiger partial charge in [-0.3, -0.25) is 4.79 Å². The largest absolute Gasteiger partial charge is 0.361 e. The Labute approximate surface area is 169 Å². The fourth-order valence-corrected chi connectivity index (χ4v) is 3.20. The lowest BCUT2D eigenvalue weighted by atomic mass is 10.1. The number of nitrogens with zero attached hydrogens (tertiary/aromatic N) is 2. The van der Waals surface area contributed by atoms with Crippen molar-refractivity contribution in [3.05, 3.63) is 89.4 Å². The number of hydrogen-bond donors (Lipinski definition) is 3. The van der Waals surface area contributed by atoms with E-state index in [2.05, 4.69) is 62.8 Å². The topological polar surface area (TPSA) is 82.7 Å². The highest BCUT2D eigenvalue weighted by molar-refractivity contribution is 5.92. The first kappa shape index (κ1) is 18.7. The first-order chi connectivity index (χ1) is 14.2. The number of aryl methyl sites for hydroxylation is 1. The molecule has 0 radical (unpaired) electrons. The van der Waals surface area contributed by atoms with E-state index in [1.165, 1.54) is 16.5 Å². The number of hydrogen-bond acceptors (Lipinski definition) is 4. The number of nitrogens with one attached hydrogen (secondary N) is 3. The molecule has 1 amide bonds. The molecule has 0 spiro atoms. The summed E-state index contributed by atoms with van der Waals surface area (Å²) >= 11 is 0. The molecule has 0 fully saturated rings. The molecule has 0 atom stereocenters. The second-order valence-corrected chi connectivity index (χ2v) is 6.97. The number of benzene rings is 2. The molecule has 29 heavy (non-hydrogen) atoms. The number of carbonyl (C=O) groups is 1. The lowest BCUT2D eigenvalue weighted by Gasteiger charge is -2.08. The van der Waals surface area contributed by atoms with E-state index in [-0.39, 0.29) is 5.91 Å². The van der Waals surface area contributed by atoms with Crippen molar-refractivity contribution in [2.24, 2.45) is 0 Å². The van der Waals surface area contributed by atoms with E-state index in [9.17, 15) is 4.79 Å². The van der Waals surface area contributed by atoms with Crippen molar-refractivity contribution in [3.8, 4) is 0 Å². The van der Waals surface area contributed by atoms with Crippen LogP contribution in [0.3, 0.4) is 0 Å². The summed E-state index contributed by atoms with van der Waals surface area (Å²) in [6.45, 7) is 3.20. The van der Waals surface area contributed by atoms with Crippen LogP contribution in [0.15, 0.2) is 67.0 Å². The Morgan fingerprint density at radius 3 is 2.76 bits per heavy atom. The Hall–Kier alpha value is -3.67. The minimum absolute atomic E-state index is 0.203. The van der Waals surface area contributed by atoms with Gasteiger partial charge in [-0.25, -0.2) is 9.97 Å². The minimum atomic E-state index is -0.203. The number of amides is 1. The average Bonchev–Trinajstić information content (AvgIpc) is 3.17. The summed E-state index contributed by atoms with van der Waals surface area (Å²) in [4.78, 5) is 24.3. The lowest BCUT2D eigenvalue weighted by molar-refractivity contribution is 0.0949. The normalized spacial score (nSPS) is 10.8. The Morgan fingerprint density at radius 2 is 1.90 bits per heavy atom. The second kappa shape index (κ2) is 8.56. The first-order valence-corrected chi connectivity index (χ1v) is 9.65. The molecule has 0 aliphatic heterocycles. The summed E-state index contributed by atoms with van der Waals surface area (Å²) in [5, 5.41) is 7.29. The summed E-state index contributed by atoms with van der Waals surface area (Å²) < 4.78 is 0. The van der Waals surface area contributed by atoms with Crippen LogP contribution >= 0.6 is 0 Å². The van der Waals surface area contributed by atoms with Crippen LogP contribution in [-0.4, -0.2) is 27.4 Å². The predicted molar refractivity (Wildman–Crippen MR) is 115 cm³/mol. The Balaban J connectivity index is 1.32. The summed E-state index contributed by atoms with van der Waals surface area (Å²) in [5.41, 5.74) is 4.99. The van der Waals surface area contributed by atoms with E-state index in [1.807, 2.05) is 24.4 Å². The van der Waals surface area contributed by atoms with Crippen molar-refractivity contribution >= 4 is 22.8 Å². The highest BCUT2D eigenvalue weighted by Gasteiger charge is 2.09. The molecule has 0 saturated heterocycles. The smallest absolute Gasteiger partial charge is 0.270 e. The zero-order chi connectivity index (χ0) is 20.1. The van der Waals surface area contributed by atoms with Crippen LogP contribution in [0.25, 0.3) is 10.9 Å². The van der Waals surface area contributed by atoms with Crippen molar-refractivity contribution in [2.45, 2.75) is 19.9 Å². The number of anilines is 1. The first-order valence-electron chi connectivity index (χ1n) is 9.65. The Bertz CT molecular complexity index is 1120. The van der Waals surface area contributed by atoms with Gasteiger partial charge in [0.15, 0.2) is 0 Å². The molecule has 6 nitrogen and oxygen atoms in total. The zero-order valence-corrected chi connectivity index (χ0v) is 16.3. The van der Waals surface area contributed by atoms with Crippen molar-refractivity contribution in [1.29, 1.82) is 0 Å². The molecule has 2 aromatic carbocycles. The molecule has 2 heterocycles. The molecule has 0 unspecified atom stereocenters. The number of H-pyrrole nitrogens is 1. The molecule has 4 rings (SSSR count). The fourth-order valence-electron chi connectivity index (χ4n) is 3.20. The quantitative estimate of drug-likeness (QED) is 0.451. The standard InChI is InChI=1S/C23H23N5O/c1-16-6-8-17(9-7-16)14-27-23-25-13-11-21(28-23)22(29)24-12-10-18-15-26-20-5-3-2-4-19(18)20/h2-9,11,13,15,26H,10,12,14H2,1H3,(H,24,29)(H,25,27,28). The van der Waals surface area contributed by atoms with Crippen molar-refractivity contribution in [2.75, 3.05) is 11.9 Å². The number of carbonyl (C=O) groups excluding carboxylic acids is 1. The average molecular weight is 385 g/mol. The molecule has 0 saturated carbocycles. The molecular formula is C23H23N5O. The third-order valence-corrected chi connectivity index (χ3v) is 4.81. The van der Waals surface area contributed by atoms with Crippen LogP contribution in [0.2, 0.25) is 0 Å². The van der Waals surface area contributed by atoms with Gasteiger partial charge in [0, 0.05) is 36.4 Å². The highest BCUT2D eigenvalue weighted by Crippen LogP contribution is 2.17. The number of fused-ring (bicyclic) bond motifs is 1. The van der Waals surface area contributed by atoms with Crippen molar-refractivity contribution in [3.63, 3.8) is 0 Å². The number of rotatable bonds is 7. The summed E-state index contributed by atoms with van der Waals surface area (Å²) in [6, 6.07) is 18.0. The van der Waals surface area contributed by atoms with E-state index < -0.39 is 0 Å². The molecular weight excluding hydrogens is 362 g/mol. The van der Waals surface area contributed by atoms with Gasteiger partial charge in [-0.15, -0.1) is 0 Å². The lowest BCUT2D eigenvalue weighted by Crippen LogP contribution is -2.26. The summed E-state index contributed by atoms with van der Waals surface area (Å²) in [6.07, 6.45) is 4.34. The Morgan fingerprint density at radius 1 is 1.07 bits per heavy atom. The van der Waals surface area contributed by atoms with E-state index >= 15 is 0 Å². The molecule has 0 aliphatic rings. The fraction of sp³-hybridized carbons (Fsp3) is 0.174. The number of aromatic amines is 1. The maximum Gasteiger partial charge on any atom is 0.270 e. The van der Waals surface area contributed by atoms with Gasteiger partial charge in [0.25, 0.3) is 5.91 Å². The van der Waals surface area contributed by atoms with Gasteiger partial charge >= 0.3 is 0 Å². The summed E-state index contributed by atoms with van der Waals surface area (Å²) in [5.74, 6) is 0.237. The van der Waals surface area contributed by atoms with Gasteiger partial charge < -0.3 is 15.6 Å². The molecule has 0 bridgehead atoms. The van der Waals surface area contributed by atoms with Gasteiger partial charge in [0.2, 0.25) is 5.95 Å². The van der Waals surface area contributed by atoms with Gasteiger partial charge in [-0.2, -0.15) is 0 Å². The molecule has 6 heteroatoms. The van der Waals surface area contributed by atoms with Crippen LogP contribution in [0, 0.1) is 6.92 Å².